The summed E-state index contributed by atoms with van der Waals surface area (Å²) < 4.78 is 28.5. The fourth-order valence-corrected chi connectivity index (χ4v) is 6.19. The van der Waals surface area contributed by atoms with Crippen molar-refractivity contribution in [1.82, 2.24) is 9.29 Å². The summed E-state index contributed by atoms with van der Waals surface area (Å²) in [6, 6.07) is 22.7. The highest BCUT2D eigenvalue weighted by molar-refractivity contribution is 7.90. The van der Waals surface area contributed by atoms with Gasteiger partial charge in [0.1, 0.15) is 0 Å². The van der Waals surface area contributed by atoms with E-state index in [4.69, 9.17) is 5.26 Å². The van der Waals surface area contributed by atoms with Crippen molar-refractivity contribution >= 4 is 26.8 Å². The lowest BCUT2D eigenvalue weighted by Gasteiger charge is -2.09. The smallest absolute Gasteiger partial charge is 0.268 e. The van der Waals surface area contributed by atoms with E-state index in [9.17, 15) is 13.2 Å². The highest BCUT2D eigenvalue weighted by Gasteiger charge is 2.26. The van der Waals surface area contributed by atoms with Crippen LogP contribution in [0.15, 0.2) is 83.9 Å². The molecule has 3 aromatic carbocycles. The fourth-order valence-electron chi connectivity index (χ4n) is 4.81. The van der Waals surface area contributed by atoms with E-state index in [1.165, 1.54) is 41.1 Å². The Morgan fingerprint density at radius 3 is 2.34 bits per heavy atom. The van der Waals surface area contributed by atoms with Gasteiger partial charge in [0.05, 0.1) is 22.0 Å². The minimum absolute atomic E-state index is 0.139. The highest BCUT2D eigenvalue weighted by atomic mass is 32.2. The van der Waals surface area contributed by atoms with Crippen LogP contribution in [0.2, 0.25) is 0 Å². The van der Waals surface area contributed by atoms with E-state index in [0.717, 1.165) is 29.4 Å². The van der Waals surface area contributed by atoms with E-state index in [-0.39, 0.29) is 10.8 Å². The number of hydrogen-bond acceptors (Lipinski definition) is 4. The Kier molecular flexibility index (Phi) is 6.14. The molecule has 1 aliphatic carbocycles. The molecule has 7 heteroatoms. The number of benzene rings is 3. The second kappa shape index (κ2) is 9.40. The lowest BCUT2D eigenvalue weighted by molar-refractivity contribution is 0.0951. The molecule has 0 atom stereocenters. The third-order valence-electron chi connectivity index (χ3n) is 6.71. The molecule has 35 heavy (non-hydrogen) atoms. The Morgan fingerprint density at radius 2 is 1.66 bits per heavy atom. The number of fused-ring (bicyclic) bond motifs is 1. The molecule has 0 unspecified atom stereocenters. The fraction of sp³-hybridized carbons (Fsp3) is 0.214. The summed E-state index contributed by atoms with van der Waals surface area (Å²) in [5.74, 6) is 0.0896. The minimum Gasteiger partial charge on any atom is -0.348 e. The average molecular weight is 484 g/mol. The van der Waals surface area contributed by atoms with Gasteiger partial charge in [-0.2, -0.15) is 5.26 Å². The Bertz CT molecular complexity index is 1520. The number of nitriles is 1. The molecule has 176 valence electrons. The molecule has 1 aliphatic rings. The number of aromatic nitrogens is 1. The van der Waals surface area contributed by atoms with Crippen molar-refractivity contribution in [2.24, 2.45) is 0 Å². The van der Waals surface area contributed by atoms with Gasteiger partial charge >= 0.3 is 0 Å². The van der Waals surface area contributed by atoms with Gasteiger partial charge in [-0.25, -0.2) is 12.4 Å². The van der Waals surface area contributed by atoms with Crippen LogP contribution in [0.25, 0.3) is 10.9 Å². The second-order valence-electron chi connectivity index (χ2n) is 8.90. The van der Waals surface area contributed by atoms with Gasteiger partial charge in [-0.3, -0.25) is 4.79 Å². The molecule has 1 N–H and O–H groups in total. The van der Waals surface area contributed by atoms with Crippen LogP contribution < -0.4 is 5.32 Å². The van der Waals surface area contributed by atoms with Crippen LogP contribution in [0.3, 0.4) is 0 Å². The molecule has 4 aromatic rings. The maximum absolute atomic E-state index is 13.6. The third kappa shape index (κ3) is 4.45. The summed E-state index contributed by atoms with van der Waals surface area (Å²) in [7, 11) is -3.82. The minimum atomic E-state index is -3.82. The molecule has 1 fully saturated rings. The van der Waals surface area contributed by atoms with Gasteiger partial charge < -0.3 is 5.32 Å². The predicted octanol–water partition coefficient (Wildman–Crippen LogP) is 5.34. The van der Waals surface area contributed by atoms with Crippen LogP contribution in [0.4, 0.5) is 0 Å². The molecular formula is C28H25N3O3S. The highest BCUT2D eigenvalue weighted by Crippen LogP contribution is 2.39. The molecule has 1 saturated carbocycles. The average Bonchev–Trinajstić information content (AvgIpc) is 3.56. The Hall–Kier alpha value is -3.89. The van der Waals surface area contributed by atoms with Crippen molar-refractivity contribution in [3.8, 4) is 6.07 Å². The van der Waals surface area contributed by atoms with Gasteiger partial charge in [0.25, 0.3) is 15.9 Å². The number of hydrogen-bond donors (Lipinski definition) is 1. The molecule has 0 saturated heterocycles. The number of carbonyl (C=O) groups excluding carboxylic acids is 1. The molecule has 1 aromatic heterocycles. The van der Waals surface area contributed by atoms with Crippen molar-refractivity contribution in [3.63, 3.8) is 0 Å². The first-order chi connectivity index (χ1) is 17.0. The first kappa shape index (κ1) is 22.9. The van der Waals surface area contributed by atoms with Crippen LogP contribution in [-0.2, 0) is 16.6 Å². The van der Waals surface area contributed by atoms with E-state index in [1.54, 1.807) is 30.5 Å². The van der Waals surface area contributed by atoms with Crippen LogP contribution in [0, 0.1) is 11.3 Å². The summed E-state index contributed by atoms with van der Waals surface area (Å²) in [5.41, 5.74) is 3.58. The topological polar surface area (TPSA) is 92.0 Å². The largest absolute Gasteiger partial charge is 0.348 e. The van der Waals surface area contributed by atoms with Gasteiger partial charge in [-0.1, -0.05) is 43.2 Å². The maximum Gasteiger partial charge on any atom is 0.268 e. The molecule has 0 bridgehead atoms. The zero-order valence-electron chi connectivity index (χ0n) is 19.1. The van der Waals surface area contributed by atoms with Gasteiger partial charge in [-0.05, 0) is 72.4 Å². The summed E-state index contributed by atoms with van der Waals surface area (Å²) in [6.45, 7) is 0.309. The zero-order valence-corrected chi connectivity index (χ0v) is 20.0. The molecule has 6 nitrogen and oxygen atoms in total. The van der Waals surface area contributed by atoms with Crippen LogP contribution in [-0.4, -0.2) is 18.3 Å². The first-order valence-corrected chi connectivity index (χ1v) is 13.1. The zero-order chi connectivity index (χ0) is 24.4. The van der Waals surface area contributed by atoms with Gasteiger partial charge in [-0.15, -0.1) is 0 Å². The lowest BCUT2D eigenvalue weighted by atomic mass is 9.97. The van der Waals surface area contributed by atoms with Crippen molar-refractivity contribution < 1.29 is 13.2 Å². The van der Waals surface area contributed by atoms with Crippen LogP contribution in [0.5, 0.6) is 0 Å². The SMILES string of the molecule is N#Cc1ccc(CNC(=O)c2ccc(S(=O)(=O)n3cc(C4CCCC4)c4ccccc43)cc2)cc1. The van der Waals surface area contributed by atoms with Crippen LogP contribution >= 0.6 is 0 Å². The molecular weight excluding hydrogens is 458 g/mol. The summed E-state index contributed by atoms with van der Waals surface area (Å²) in [4.78, 5) is 12.7. The predicted molar refractivity (Wildman–Crippen MR) is 134 cm³/mol. The van der Waals surface area contributed by atoms with Crippen molar-refractivity contribution in [2.45, 2.75) is 43.0 Å². The molecule has 5 rings (SSSR count). The number of para-hydroxylation sites is 1. The quantitative estimate of drug-likeness (QED) is 0.401. The van der Waals surface area contributed by atoms with E-state index >= 15 is 0 Å². The Balaban J connectivity index is 1.37. The monoisotopic (exact) mass is 483 g/mol. The van der Waals surface area contributed by atoms with Crippen molar-refractivity contribution in [2.75, 3.05) is 0 Å². The van der Waals surface area contributed by atoms with Gasteiger partial charge in [0.15, 0.2) is 0 Å². The van der Waals surface area contributed by atoms with Gasteiger partial charge in [0, 0.05) is 23.7 Å². The van der Waals surface area contributed by atoms with Crippen LogP contribution in [0.1, 0.15) is 58.6 Å². The van der Waals surface area contributed by atoms with Crippen molar-refractivity contribution in [1.29, 1.82) is 5.26 Å². The summed E-state index contributed by atoms with van der Waals surface area (Å²) in [6.07, 6.45) is 6.30. The number of carbonyl (C=O) groups is 1. The summed E-state index contributed by atoms with van der Waals surface area (Å²) in [5, 5.41) is 12.7. The molecule has 1 amide bonds. The second-order valence-corrected chi connectivity index (χ2v) is 10.7. The first-order valence-electron chi connectivity index (χ1n) is 11.7. The van der Waals surface area contributed by atoms with Gasteiger partial charge in [0.2, 0.25) is 0 Å². The molecule has 0 spiro atoms. The normalized spacial score (nSPS) is 14.1. The molecule has 0 radical (unpaired) electrons. The van der Waals surface area contributed by atoms with E-state index in [0.29, 0.717) is 29.1 Å². The number of nitrogens with one attached hydrogen (secondary N) is 1. The third-order valence-corrected chi connectivity index (χ3v) is 8.40. The van der Waals surface area contributed by atoms with E-state index in [2.05, 4.69) is 11.4 Å². The molecule has 1 heterocycles. The van der Waals surface area contributed by atoms with E-state index in [1.807, 2.05) is 24.3 Å². The number of nitrogens with zero attached hydrogens (tertiary/aromatic N) is 2. The lowest BCUT2D eigenvalue weighted by Crippen LogP contribution is -2.22. The molecule has 0 aliphatic heterocycles. The Labute approximate surface area is 204 Å². The number of rotatable bonds is 6. The van der Waals surface area contributed by atoms with E-state index < -0.39 is 10.0 Å². The van der Waals surface area contributed by atoms with Crippen molar-refractivity contribution in [3.05, 3.63) is 101 Å². The summed E-state index contributed by atoms with van der Waals surface area (Å²) >= 11 is 0. The maximum atomic E-state index is 13.6. The Morgan fingerprint density at radius 1 is 0.971 bits per heavy atom. The standard InChI is InChI=1S/C28H25N3O3S/c29-17-20-9-11-21(12-10-20)18-30-28(32)23-13-15-24(16-14-23)35(33,34)31-19-26(22-5-1-2-6-22)25-7-3-4-8-27(25)31/h3-4,7-16,19,22H,1-2,5-6,18H2,(H,30,32). The number of amides is 1.